The van der Waals surface area contributed by atoms with Gasteiger partial charge in [0.2, 0.25) is 0 Å². The van der Waals surface area contributed by atoms with Crippen molar-refractivity contribution in [2.45, 2.75) is 114 Å². The second-order valence-electron chi connectivity index (χ2n) is 16.2. The Hall–Kier alpha value is -4.19. The van der Waals surface area contributed by atoms with E-state index in [0.717, 1.165) is 83.1 Å². The van der Waals surface area contributed by atoms with E-state index in [-0.39, 0.29) is 30.8 Å². The van der Waals surface area contributed by atoms with Crippen LogP contribution in [0.1, 0.15) is 79.2 Å². The molecule has 0 bridgehead atoms. The highest BCUT2D eigenvalue weighted by Gasteiger charge is 2.28. The number of aliphatic hydroxyl groups excluding tert-OH is 1. The lowest BCUT2D eigenvalue weighted by Gasteiger charge is -2.37. The first-order valence-corrected chi connectivity index (χ1v) is 23.2. The highest BCUT2D eigenvalue weighted by atomic mass is 32.2. The smallest absolute Gasteiger partial charge is 0.297 e. The fourth-order valence-electron chi connectivity index (χ4n) is 8.40. The van der Waals surface area contributed by atoms with Crippen LogP contribution in [-0.4, -0.2) is 74.0 Å². The predicted molar refractivity (Wildman–Crippen MR) is 240 cm³/mol. The van der Waals surface area contributed by atoms with Gasteiger partial charge in [-0.1, -0.05) is 139 Å². The second kappa shape index (κ2) is 24.3. The van der Waals surface area contributed by atoms with Crippen LogP contribution in [0.4, 0.5) is 0 Å². The van der Waals surface area contributed by atoms with Crippen LogP contribution in [-0.2, 0) is 50.0 Å². The highest BCUT2D eigenvalue weighted by molar-refractivity contribution is 7.86. The van der Waals surface area contributed by atoms with Gasteiger partial charge in [-0.25, -0.2) is 0 Å². The minimum Gasteiger partial charge on any atom is -0.394 e. The molecule has 7 rings (SSSR count). The molecule has 2 aliphatic rings. The zero-order valence-corrected chi connectivity index (χ0v) is 36.1. The number of aliphatic hydroxyl groups is 1. The van der Waals surface area contributed by atoms with Crippen LogP contribution >= 0.6 is 0 Å². The van der Waals surface area contributed by atoms with E-state index in [4.69, 9.17) is 18.8 Å². The van der Waals surface area contributed by atoms with Gasteiger partial charge >= 0.3 is 0 Å². The number of rotatable bonds is 19. The fraction of sp³-hybridized carbons (Fsp3) is 0.412. The SMILES string of the molecule is Cc1ccc(S(=O)(=O)OCCOC2CCC(N(Cc3ccccc3)Cc3ccccc3)CC2)cc1.OCCOC1CCC(N(Cc2ccccc2)Cc2ccccc2)CC1. The van der Waals surface area contributed by atoms with E-state index in [1.54, 1.807) is 24.3 Å². The lowest BCUT2D eigenvalue weighted by molar-refractivity contribution is -0.00965. The van der Waals surface area contributed by atoms with Crippen LogP contribution in [0.5, 0.6) is 0 Å². The van der Waals surface area contributed by atoms with Gasteiger partial charge in [0, 0.05) is 38.3 Å². The van der Waals surface area contributed by atoms with Gasteiger partial charge in [0.25, 0.3) is 10.1 Å². The van der Waals surface area contributed by atoms with Crippen molar-refractivity contribution in [1.82, 2.24) is 9.80 Å². The molecule has 0 saturated heterocycles. The van der Waals surface area contributed by atoms with Gasteiger partial charge in [-0.15, -0.1) is 0 Å². The quantitative estimate of drug-likeness (QED) is 0.0651. The molecule has 2 saturated carbocycles. The van der Waals surface area contributed by atoms with Gasteiger partial charge in [0.05, 0.1) is 43.5 Å². The molecule has 2 fully saturated rings. The molecular formula is C51H64N2O6S. The van der Waals surface area contributed by atoms with Crippen molar-refractivity contribution in [2.24, 2.45) is 0 Å². The summed E-state index contributed by atoms with van der Waals surface area (Å²) in [5, 5.41) is 8.93. The normalized spacial score (nSPS) is 19.5. The molecule has 0 heterocycles. The summed E-state index contributed by atoms with van der Waals surface area (Å²) in [6.45, 7) is 6.64. The third-order valence-corrected chi connectivity index (χ3v) is 13.0. The number of ether oxygens (including phenoxy) is 2. The van der Waals surface area contributed by atoms with Gasteiger partial charge in [-0.2, -0.15) is 8.42 Å². The summed E-state index contributed by atoms with van der Waals surface area (Å²) in [6, 6.07) is 50.6. The molecule has 60 heavy (non-hydrogen) atoms. The summed E-state index contributed by atoms with van der Waals surface area (Å²) in [6.07, 6.45) is 9.02. The summed E-state index contributed by atoms with van der Waals surface area (Å²) in [5.74, 6) is 0. The minimum atomic E-state index is -3.75. The Morgan fingerprint density at radius 3 is 1.18 bits per heavy atom. The molecule has 9 heteroatoms. The average Bonchev–Trinajstić information content (AvgIpc) is 3.29. The Morgan fingerprint density at radius 2 is 0.833 bits per heavy atom. The molecule has 5 aromatic rings. The van der Waals surface area contributed by atoms with Crippen molar-refractivity contribution >= 4 is 10.1 Å². The third kappa shape index (κ3) is 15.1. The van der Waals surface area contributed by atoms with Crippen molar-refractivity contribution in [2.75, 3.05) is 26.4 Å². The maximum Gasteiger partial charge on any atom is 0.297 e. The highest BCUT2D eigenvalue weighted by Crippen LogP contribution is 2.29. The number of aryl methyl sites for hydroxylation is 1. The monoisotopic (exact) mass is 832 g/mol. The first kappa shape index (κ1) is 45.3. The number of hydrogen-bond donors (Lipinski definition) is 1. The molecule has 0 unspecified atom stereocenters. The van der Waals surface area contributed by atoms with Gasteiger partial charge < -0.3 is 14.6 Å². The largest absolute Gasteiger partial charge is 0.394 e. The second-order valence-corrected chi connectivity index (χ2v) is 17.8. The maximum absolute atomic E-state index is 12.3. The van der Waals surface area contributed by atoms with Crippen LogP contribution in [0.15, 0.2) is 150 Å². The van der Waals surface area contributed by atoms with E-state index in [9.17, 15) is 8.42 Å². The summed E-state index contributed by atoms with van der Waals surface area (Å²) in [7, 11) is -3.75. The van der Waals surface area contributed by atoms with Crippen LogP contribution in [0, 0.1) is 6.92 Å². The van der Waals surface area contributed by atoms with E-state index >= 15 is 0 Å². The molecule has 5 aromatic carbocycles. The Labute approximate surface area is 359 Å². The van der Waals surface area contributed by atoms with Crippen molar-refractivity contribution in [3.05, 3.63) is 173 Å². The Morgan fingerprint density at radius 1 is 0.483 bits per heavy atom. The molecule has 2 aliphatic carbocycles. The molecule has 0 atom stereocenters. The summed E-state index contributed by atoms with van der Waals surface area (Å²) in [4.78, 5) is 5.38. The first-order valence-electron chi connectivity index (χ1n) is 21.8. The topological polar surface area (TPSA) is 88.5 Å². The minimum absolute atomic E-state index is 0.0320. The number of nitrogens with zero attached hydrogens (tertiary/aromatic N) is 2. The van der Waals surface area contributed by atoms with Crippen LogP contribution < -0.4 is 0 Å². The fourth-order valence-corrected chi connectivity index (χ4v) is 9.30. The van der Waals surface area contributed by atoms with Crippen molar-refractivity contribution in [3.63, 3.8) is 0 Å². The van der Waals surface area contributed by atoms with E-state index in [1.807, 2.05) is 6.92 Å². The predicted octanol–water partition coefficient (Wildman–Crippen LogP) is 9.74. The Bertz CT molecular complexity index is 1920. The molecule has 0 aromatic heterocycles. The Balaban J connectivity index is 0.000000213. The van der Waals surface area contributed by atoms with Gasteiger partial charge in [0.15, 0.2) is 0 Å². The number of benzene rings is 5. The molecular weight excluding hydrogens is 769 g/mol. The van der Waals surface area contributed by atoms with Gasteiger partial charge in [-0.3, -0.25) is 14.0 Å². The average molecular weight is 833 g/mol. The lowest BCUT2D eigenvalue weighted by Crippen LogP contribution is -2.39. The third-order valence-electron chi connectivity index (χ3n) is 11.7. The zero-order valence-electron chi connectivity index (χ0n) is 35.3. The first-order chi connectivity index (χ1) is 29.3. The van der Waals surface area contributed by atoms with E-state index < -0.39 is 10.1 Å². The van der Waals surface area contributed by atoms with Crippen molar-refractivity contribution < 1.29 is 27.2 Å². The van der Waals surface area contributed by atoms with E-state index in [0.29, 0.717) is 24.8 Å². The van der Waals surface area contributed by atoms with E-state index in [1.165, 1.54) is 22.3 Å². The molecule has 0 radical (unpaired) electrons. The van der Waals surface area contributed by atoms with Crippen LogP contribution in [0.25, 0.3) is 0 Å². The molecule has 320 valence electrons. The van der Waals surface area contributed by atoms with Crippen molar-refractivity contribution in [3.8, 4) is 0 Å². The molecule has 0 amide bonds. The molecule has 1 N–H and O–H groups in total. The standard InChI is InChI=1S/C29H35NO4S.C22H29NO2/c1-24-12-18-29(19-13-24)35(31,32)34-21-20-33-28-16-14-27(15-17-28)30(22-25-8-4-2-5-9-25)23-26-10-6-3-7-11-26;24-15-16-25-22-13-11-21(12-14-22)23(17-19-7-3-1-4-8-19)18-20-9-5-2-6-10-20/h2-13,18-19,27-28H,14-17,20-23H2,1H3;1-10,21-22,24H,11-18H2. The maximum atomic E-state index is 12.3. The molecule has 8 nitrogen and oxygen atoms in total. The van der Waals surface area contributed by atoms with Gasteiger partial charge in [0.1, 0.15) is 0 Å². The lowest BCUT2D eigenvalue weighted by atomic mass is 9.91. The summed E-state index contributed by atoms with van der Waals surface area (Å²) in [5.41, 5.74) is 6.41. The summed E-state index contributed by atoms with van der Waals surface area (Å²) >= 11 is 0. The number of hydrogen-bond acceptors (Lipinski definition) is 8. The van der Waals surface area contributed by atoms with Crippen LogP contribution in [0.2, 0.25) is 0 Å². The molecule has 0 aliphatic heterocycles. The zero-order chi connectivity index (χ0) is 41.8. The van der Waals surface area contributed by atoms with E-state index in [2.05, 4.69) is 131 Å². The van der Waals surface area contributed by atoms with Crippen LogP contribution in [0.3, 0.4) is 0 Å². The summed E-state index contributed by atoms with van der Waals surface area (Å²) < 4.78 is 41.6. The molecule has 0 spiro atoms. The Kier molecular flexibility index (Phi) is 18.4. The van der Waals surface area contributed by atoms with Gasteiger partial charge in [-0.05, 0) is 92.7 Å². The van der Waals surface area contributed by atoms with Crippen molar-refractivity contribution in [1.29, 1.82) is 0 Å².